The molecule has 18 heavy (non-hydrogen) atoms. The van der Waals surface area contributed by atoms with Crippen LogP contribution in [0.5, 0.6) is 0 Å². The van der Waals surface area contributed by atoms with Crippen molar-refractivity contribution in [1.29, 1.82) is 0 Å². The van der Waals surface area contributed by atoms with Crippen molar-refractivity contribution in [2.45, 2.75) is 0 Å². The third kappa shape index (κ3) is 2.37. The van der Waals surface area contributed by atoms with Crippen molar-refractivity contribution >= 4 is 27.5 Å². The van der Waals surface area contributed by atoms with Crippen molar-refractivity contribution < 1.29 is 0 Å². The molecule has 3 rings (SSSR count). The Morgan fingerprint density at radius 1 is 0.833 bits per heavy atom. The smallest absolute Gasteiger partial charge is 0.0847 e. The first kappa shape index (κ1) is 11.6. The lowest BCUT2D eigenvalue weighted by Crippen LogP contribution is -1.75. The number of aromatic nitrogens is 1. The van der Waals surface area contributed by atoms with Gasteiger partial charge in [0.25, 0.3) is 0 Å². The van der Waals surface area contributed by atoms with E-state index in [0.29, 0.717) is 0 Å². The molecule has 0 aliphatic rings. The Morgan fingerprint density at radius 2 is 1.61 bits per heavy atom. The van der Waals surface area contributed by atoms with Crippen LogP contribution in [0.2, 0.25) is 0 Å². The molecule has 1 nitrogen and oxygen atoms in total. The van der Waals surface area contributed by atoms with Crippen LogP contribution in [-0.4, -0.2) is 4.37 Å². The summed E-state index contributed by atoms with van der Waals surface area (Å²) in [6, 6.07) is 20.7. The van der Waals surface area contributed by atoms with Gasteiger partial charge in [-0.15, -0.1) is 0 Å². The fraction of sp³-hybridized carbons (Fsp3) is 0. The molecular formula is C15H10BrNS. The summed E-state index contributed by atoms with van der Waals surface area (Å²) in [7, 11) is 0. The number of hydrogen-bond acceptors (Lipinski definition) is 2. The molecule has 0 N–H and O–H groups in total. The number of hydrogen-bond donors (Lipinski definition) is 0. The largest absolute Gasteiger partial charge is 0.192 e. The number of halogens is 1. The fourth-order valence-corrected chi connectivity index (χ4v) is 2.96. The first-order chi connectivity index (χ1) is 8.83. The van der Waals surface area contributed by atoms with Crippen molar-refractivity contribution in [3.8, 4) is 21.7 Å². The molecule has 1 aromatic heterocycles. The van der Waals surface area contributed by atoms with Gasteiger partial charge in [-0.2, -0.15) is 4.37 Å². The summed E-state index contributed by atoms with van der Waals surface area (Å²) in [4.78, 5) is 1.20. The van der Waals surface area contributed by atoms with E-state index in [2.05, 4.69) is 50.6 Å². The lowest BCUT2D eigenvalue weighted by molar-refractivity contribution is 1.51. The van der Waals surface area contributed by atoms with E-state index in [1.165, 1.54) is 22.0 Å². The van der Waals surface area contributed by atoms with Crippen LogP contribution in [0, 0.1) is 0 Å². The van der Waals surface area contributed by atoms with Gasteiger partial charge in [-0.05, 0) is 35.3 Å². The highest BCUT2D eigenvalue weighted by Gasteiger charge is 2.06. The molecule has 3 aromatic rings. The first-order valence-electron chi connectivity index (χ1n) is 5.61. The molecule has 0 saturated heterocycles. The van der Waals surface area contributed by atoms with E-state index in [4.69, 9.17) is 0 Å². The third-order valence-electron chi connectivity index (χ3n) is 2.69. The minimum atomic E-state index is 1.03. The Bertz CT molecular complexity index is 661. The second-order valence-corrected chi connectivity index (χ2v) is 5.67. The third-order valence-corrected chi connectivity index (χ3v) is 4.02. The van der Waals surface area contributed by atoms with Gasteiger partial charge in [0.15, 0.2) is 0 Å². The molecule has 0 unspecified atom stereocenters. The van der Waals surface area contributed by atoms with E-state index in [-0.39, 0.29) is 0 Å². The molecule has 0 aliphatic heterocycles. The van der Waals surface area contributed by atoms with Gasteiger partial charge in [0.1, 0.15) is 0 Å². The molecule has 3 heteroatoms. The van der Waals surface area contributed by atoms with E-state index < -0.39 is 0 Å². The van der Waals surface area contributed by atoms with Gasteiger partial charge in [0, 0.05) is 10.0 Å². The van der Waals surface area contributed by atoms with Gasteiger partial charge in [-0.1, -0.05) is 58.4 Å². The van der Waals surface area contributed by atoms with Crippen LogP contribution in [0.15, 0.2) is 65.1 Å². The second-order valence-electron chi connectivity index (χ2n) is 3.95. The number of benzene rings is 2. The van der Waals surface area contributed by atoms with Crippen LogP contribution in [0.25, 0.3) is 21.7 Å². The van der Waals surface area contributed by atoms with E-state index in [9.17, 15) is 0 Å². The minimum Gasteiger partial charge on any atom is -0.192 e. The average molecular weight is 316 g/mol. The van der Waals surface area contributed by atoms with Crippen molar-refractivity contribution in [1.82, 2.24) is 4.37 Å². The van der Waals surface area contributed by atoms with E-state index in [1.54, 1.807) is 0 Å². The molecule has 0 radical (unpaired) electrons. The van der Waals surface area contributed by atoms with Crippen LogP contribution >= 0.6 is 27.5 Å². The number of nitrogens with zero attached hydrogens (tertiary/aromatic N) is 1. The van der Waals surface area contributed by atoms with Crippen LogP contribution in [0.1, 0.15) is 0 Å². The zero-order valence-electron chi connectivity index (χ0n) is 9.51. The Balaban J connectivity index is 2.00. The Kier molecular flexibility index (Phi) is 3.26. The molecule has 0 spiro atoms. The van der Waals surface area contributed by atoms with Gasteiger partial charge in [0.05, 0.1) is 10.6 Å². The summed E-state index contributed by atoms with van der Waals surface area (Å²) in [6.07, 6.45) is 0. The molecule has 0 fully saturated rings. The lowest BCUT2D eigenvalue weighted by Gasteiger charge is -1.96. The van der Waals surface area contributed by atoms with Crippen LogP contribution in [0.3, 0.4) is 0 Å². The summed E-state index contributed by atoms with van der Waals surface area (Å²) in [5.74, 6) is 0. The maximum Gasteiger partial charge on any atom is 0.0847 e. The first-order valence-corrected chi connectivity index (χ1v) is 7.18. The Morgan fingerprint density at radius 3 is 2.39 bits per heavy atom. The highest BCUT2D eigenvalue weighted by Crippen LogP contribution is 2.30. The molecule has 0 saturated carbocycles. The summed E-state index contributed by atoms with van der Waals surface area (Å²) in [5, 5.41) is 0. The molecule has 2 aromatic carbocycles. The lowest BCUT2D eigenvalue weighted by atomic mass is 10.1. The number of rotatable bonds is 2. The maximum atomic E-state index is 4.52. The Hall–Kier alpha value is -1.45. The SMILES string of the molecule is Brc1cccc(-c2cc(-c3ccccc3)sn2)c1. The topological polar surface area (TPSA) is 12.9 Å². The van der Waals surface area contributed by atoms with Crippen molar-refractivity contribution in [3.05, 3.63) is 65.1 Å². The summed E-state index contributed by atoms with van der Waals surface area (Å²) < 4.78 is 5.60. The predicted molar refractivity (Wildman–Crippen MR) is 80.7 cm³/mol. The molecule has 88 valence electrons. The van der Waals surface area contributed by atoms with Crippen molar-refractivity contribution in [2.75, 3.05) is 0 Å². The van der Waals surface area contributed by atoms with Gasteiger partial charge >= 0.3 is 0 Å². The summed E-state index contributed by atoms with van der Waals surface area (Å²) >= 11 is 5.02. The molecule has 0 amide bonds. The maximum absolute atomic E-state index is 4.52. The molecular weight excluding hydrogens is 306 g/mol. The molecule has 0 bridgehead atoms. The molecule has 0 atom stereocenters. The predicted octanol–water partition coefficient (Wildman–Crippen LogP) is 5.24. The zero-order chi connectivity index (χ0) is 12.4. The minimum absolute atomic E-state index is 1.03. The van der Waals surface area contributed by atoms with Gasteiger partial charge in [0.2, 0.25) is 0 Å². The normalized spacial score (nSPS) is 10.5. The van der Waals surface area contributed by atoms with Gasteiger partial charge in [-0.25, -0.2) is 0 Å². The quantitative estimate of drug-likeness (QED) is 0.630. The fourth-order valence-electron chi connectivity index (χ4n) is 1.80. The monoisotopic (exact) mass is 315 g/mol. The van der Waals surface area contributed by atoms with Gasteiger partial charge < -0.3 is 0 Å². The summed E-state index contributed by atoms with van der Waals surface area (Å²) in [5.41, 5.74) is 3.39. The van der Waals surface area contributed by atoms with E-state index in [0.717, 1.165) is 15.7 Å². The summed E-state index contributed by atoms with van der Waals surface area (Å²) in [6.45, 7) is 0. The zero-order valence-corrected chi connectivity index (χ0v) is 11.9. The second kappa shape index (κ2) is 5.04. The highest BCUT2D eigenvalue weighted by atomic mass is 79.9. The highest BCUT2D eigenvalue weighted by molar-refractivity contribution is 9.10. The van der Waals surface area contributed by atoms with Crippen LogP contribution < -0.4 is 0 Å². The molecule has 1 heterocycles. The Labute approximate surface area is 118 Å². The van der Waals surface area contributed by atoms with E-state index in [1.807, 2.05) is 30.3 Å². The standard InChI is InChI=1S/C15H10BrNS/c16-13-8-4-7-12(9-13)14-10-15(18-17-14)11-5-2-1-3-6-11/h1-10H. The van der Waals surface area contributed by atoms with Crippen LogP contribution in [0.4, 0.5) is 0 Å². The molecule has 0 aliphatic carbocycles. The van der Waals surface area contributed by atoms with Crippen LogP contribution in [-0.2, 0) is 0 Å². The van der Waals surface area contributed by atoms with E-state index >= 15 is 0 Å². The van der Waals surface area contributed by atoms with Crippen molar-refractivity contribution in [2.24, 2.45) is 0 Å². The van der Waals surface area contributed by atoms with Gasteiger partial charge in [-0.3, -0.25) is 0 Å². The van der Waals surface area contributed by atoms with Crippen molar-refractivity contribution in [3.63, 3.8) is 0 Å². The average Bonchev–Trinajstić information content (AvgIpc) is 2.89.